The van der Waals surface area contributed by atoms with Crippen molar-refractivity contribution in [2.75, 3.05) is 25.5 Å². The normalized spacial score (nSPS) is 16.5. The number of benzene rings is 1. The van der Waals surface area contributed by atoms with E-state index >= 15 is 0 Å². The van der Waals surface area contributed by atoms with Crippen LogP contribution in [0.15, 0.2) is 30.5 Å². The summed E-state index contributed by atoms with van der Waals surface area (Å²) in [5.41, 5.74) is 0. The van der Waals surface area contributed by atoms with Gasteiger partial charge in [-0.1, -0.05) is 6.07 Å². The molecule has 0 aliphatic carbocycles. The van der Waals surface area contributed by atoms with Crippen molar-refractivity contribution < 1.29 is 4.74 Å². The molecule has 1 fully saturated rings. The van der Waals surface area contributed by atoms with Gasteiger partial charge < -0.3 is 15.4 Å². The fourth-order valence-corrected chi connectivity index (χ4v) is 2.55. The van der Waals surface area contributed by atoms with E-state index in [1.54, 1.807) is 7.11 Å². The number of methoxy groups -OCH3 is 1. The first kappa shape index (κ1) is 12.2. The Hall–Kier alpha value is -1.81. The Morgan fingerprint density at radius 2 is 2.11 bits per heavy atom. The largest absolute Gasteiger partial charge is 0.497 e. The van der Waals surface area contributed by atoms with Crippen LogP contribution < -0.4 is 15.4 Å². The quantitative estimate of drug-likeness (QED) is 0.886. The van der Waals surface area contributed by atoms with Gasteiger partial charge in [0.2, 0.25) is 0 Å². The number of rotatable bonds is 3. The second-order valence-electron chi connectivity index (χ2n) is 4.92. The van der Waals surface area contributed by atoms with Crippen molar-refractivity contribution in [3.63, 3.8) is 0 Å². The molecule has 100 valence electrons. The van der Waals surface area contributed by atoms with Gasteiger partial charge in [-0.15, -0.1) is 0 Å². The second-order valence-corrected chi connectivity index (χ2v) is 4.92. The highest BCUT2D eigenvalue weighted by Crippen LogP contribution is 2.26. The van der Waals surface area contributed by atoms with Crippen molar-refractivity contribution in [2.45, 2.75) is 18.9 Å². The molecule has 0 unspecified atom stereocenters. The highest BCUT2D eigenvalue weighted by atomic mass is 16.5. The maximum atomic E-state index is 5.30. The van der Waals surface area contributed by atoms with Gasteiger partial charge in [-0.3, -0.25) is 0 Å². The van der Waals surface area contributed by atoms with Crippen LogP contribution in [-0.2, 0) is 0 Å². The van der Waals surface area contributed by atoms with Gasteiger partial charge in [0.15, 0.2) is 0 Å². The Bertz CT molecular complexity index is 564. The van der Waals surface area contributed by atoms with Crippen LogP contribution in [0.5, 0.6) is 5.75 Å². The Morgan fingerprint density at radius 1 is 1.26 bits per heavy atom. The second kappa shape index (κ2) is 5.45. The van der Waals surface area contributed by atoms with Crippen molar-refractivity contribution in [3.05, 3.63) is 30.5 Å². The Balaban J connectivity index is 1.92. The molecule has 0 bridgehead atoms. The third-order valence-corrected chi connectivity index (χ3v) is 3.65. The lowest BCUT2D eigenvalue weighted by Gasteiger charge is -2.24. The number of ether oxygens (including phenoxy) is 1. The lowest BCUT2D eigenvalue weighted by atomic mass is 10.1. The minimum Gasteiger partial charge on any atom is -0.497 e. The summed E-state index contributed by atoms with van der Waals surface area (Å²) in [6.07, 6.45) is 4.14. The SMILES string of the molecule is COc1ccc2ccnc(NC3CCNCC3)c2c1. The maximum Gasteiger partial charge on any atom is 0.134 e. The molecule has 3 rings (SSSR count). The van der Waals surface area contributed by atoms with E-state index in [1.807, 2.05) is 24.4 Å². The molecule has 1 saturated heterocycles. The predicted octanol–water partition coefficient (Wildman–Crippen LogP) is 2.41. The van der Waals surface area contributed by atoms with Crippen LogP contribution in [0.25, 0.3) is 10.8 Å². The summed E-state index contributed by atoms with van der Waals surface area (Å²) in [6, 6.07) is 8.64. The van der Waals surface area contributed by atoms with Crippen molar-refractivity contribution >= 4 is 16.6 Å². The van der Waals surface area contributed by atoms with E-state index in [4.69, 9.17) is 4.74 Å². The van der Waals surface area contributed by atoms with Gasteiger partial charge in [0.25, 0.3) is 0 Å². The number of aromatic nitrogens is 1. The van der Waals surface area contributed by atoms with Gasteiger partial charge in [0, 0.05) is 17.6 Å². The molecule has 0 atom stereocenters. The van der Waals surface area contributed by atoms with E-state index in [1.165, 1.54) is 5.39 Å². The van der Waals surface area contributed by atoms with Gasteiger partial charge in [0.1, 0.15) is 11.6 Å². The number of pyridine rings is 1. The maximum absolute atomic E-state index is 5.30. The molecule has 0 amide bonds. The van der Waals surface area contributed by atoms with E-state index in [0.29, 0.717) is 6.04 Å². The van der Waals surface area contributed by atoms with Crippen LogP contribution in [0.1, 0.15) is 12.8 Å². The topological polar surface area (TPSA) is 46.2 Å². The number of anilines is 1. The number of piperidine rings is 1. The van der Waals surface area contributed by atoms with E-state index in [-0.39, 0.29) is 0 Å². The van der Waals surface area contributed by atoms with Gasteiger partial charge in [-0.25, -0.2) is 4.98 Å². The summed E-state index contributed by atoms with van der Waals surface area (Å²) in [5.74, 6) is 1.83. The first-order chi connectivity index (χ1) is 9.36. The van der Waals surface area contributed by atoms with Crippen LogP contribution >= 0.6 is 0 Å². The molecule has 1 aromatic carbocycles. The summed E-state index contributed by atoms with van der Waals surface area (Å²) in [7, 11) is 1.69. The zero-order valence-corrected chi connectivity index (χ0v) is 11.1. The summed E-state index contributed by atoms with van der Waals surface area (Å²) in [4.78, 5) is 4.49. The van der Waals surface area contributed by atoms with E-state index in [0.717, 1.165) is 42.9 Å². The average Bonchev–Trinajstić information content (AvgIpc) is 2.48. The van der Waals surface area contributed by atoms with Gasteiger partial charge in [0.05, 0.1) is 7.11 Å². The number of nitrogens with zero attached hydrogens (tertiary/aromatic N) is 1. The van der Waals surface area contributed by atoms with Crippen molar-refractivity contribution in [1.82, 2.24) is 10.3 Å². The van der Waals surface area contributed by atoms with Gasteiger partial charge in [-0.05, 0) is 49.5 Å². The molecule has 2 N–H and O–H groups in total. The highest BCUT2D eigenvalue weighted by Gasteiger charge is 2.14. The molecule has 0 radical (unpaired) electrons. The monoisotopic (exact) mass is 257 g/mol. The van der Waals surface area contributed by atoms with Crippen LogP contribution in [-0.4, -0.2) is 31.2 Å². The van der Waals surface area contributed by atoms with Crippen LogP contribution in [0, 0.1) is 0 Å². The lowest BCUT2D eigenvalue weighted by molar-refractivity contribution is 0.415. The molecule has 4 heteroatoms. The van der Waals surface area contributed by atoms with Crippen LogP contribution in [0.3, 0.4) is 0 Å². The van der Waals surface area contributed by atoms with Crippen LogP contribution in [0.4, 0.5) is 5.82 Å². The molecular weight excluding hydrogens is 238 g/mol. The predicted molar refractivity (Wildman–Crippen MR) is 77.8 cm³/mol. The zero-order chi connectivity index (χ0) is 13.1. The molecule has 0 saturated carbocycles. The molecule has 4 nitrogen and oxygen atoms in total. The number of fused-ring (bicyclic) bond motifs is 1. The minimum atomic E-state index is 0.505. The van der Waals surface area contributed by atoms with E-state index < -0.39 is 0 Å². The minimum absolute atomic E-state index is 0.505. The molecule has 0 spiro atoms. The Morgan fingerprint density at radius 3 is 2.89 bits per heavy atom. The van der Waals surface area contributed by atoms with E-state index in [2.05, 4.69) is 21.7 Å². The van der Waals surface area contributed by atoms with Crippen molar-refractivity contribution in [2.24, 2.45) is 0 Å². The summed E-state index contributed by atoms with van der Waals surface area (Å²) < 4.78 is 5.30. The van der Waals surface area contributed by atoms with E-state index in [9.17, 15) is 0 Å². The molecule has 19 heavy (non-hydrogen) atoms. The molecule has 1 aliphatic heterocycles. The molecule has 2 aromatic rings. The smallest absolute Gasteiger partial charge is 0.134 e. The third kappa shape index (κ3) is 2.63. The summed E-state index contributed by atoms with van der Waals surface area (Å²) >= 11 is 0. The molecule has 1 aliphatic rings. The van der Waals surface area contributed by atoms with Gasteiger partial charge in [-0.2, -0.15) is 0 Å². The first-order valence-corrected chi connectivity index (χ1v) is 6.77. The Labute approximate surface area is 113 Å². The van der Waals surface area contributed by atoms with Crippen LogP contribution in [0.2, 0.25) is 0 Å². The molecule has 1 aromatic heterocycles. The summed E-state index contributed by atoms with van der Waals surface area (Å²) in [6.45, 7) is 2.15. The van der Waals surface area contributed by atoms with Crippen molar-refractivity contribution in [3.8, 4) is 5.75 Å². The fraction of sp³-hybridized carbons (Fsp3) is 0.400. The standard InChI is InChI=1S/C15H19N3O/c1-19-13-3-2-11-4-9-17-15(14(11)10-13)18-12-5-7-16-8-6-12/h2-4,9-10,12,16H,5-8H2,1H3,(H,17,18). The molecule has 2 heterocycles. The average molecular weight is 257 g/mol. The fourth-order valence-electron chi connectivity index (χ4n) is 2.55. The number of hydrogen-bond acceptors (Lipinski definition) is 4. The molecular formula is C15H19N3O. The van der Waals surface area contributed by atoms with Gasteiger partial charge >= 0.3 is 0 Å². The number of hydrogen-bond donors (Lipinski definition) is 2. The van der Waals surface area contributed by atoms with Crippen molar-refractivity contribution in [1.29, 1.82) is 0 Å². The third-order valence-electron chi connectivity index (χ3n) is 3.65. The highest BCUT2D eigenvalue weighted by molar-refractivity contribution is 5.92. The number of nitrogens with one attached hydrogen (secondary N) is 2. The summed E-state index contributed by atoms with van der Waals surface area (Å²) in [5, 5.41) is 9.26. The zero-order valence-electron chi connectivity index (χ0n) is 11.1. The lowest BCUT2D eigenvalue weighted by Crippen LogP contribution is -2.35. The first-order valence-electron chi connectivity index (χ1n) is 6.77. The Kier molecular flexibility index (Phi) is 3.51.